The Morgan fingerprint density at radius 2 is 1.79 bits per heavy atom. The Morgan fingerprint density at radius 3 is 2.50 bits per heavy atom. The van der Waals surface area contributed by atoms with Crippen molar-refractivity contribution in [1.29, 1.82) is 0 Å². The van der Waals surface area contributed by atoms with Gasteiger partial charge in [-0.3, -0.25) is 9.69 Å². The van der Waals surface area contributed by atoms with Crippen LogP contribution in [0, 0.1) is 0 Å². The Labute approximate surface area is 202 Å². The molecular formula is C24H37N5O4S. The number of morpholine rings is 1. The van der Waals surface area contributed by atoms with Crippen LogP contribution in [0.2, 0.25) is 0 Å². The van der Waals surface area contributed by atoms with Gasteiger partial charge < -0.3 is 14.2 Å². The lowest BCUT2D eigenvalue weighted by Gasteiger charge is -2.34. The zero-order chi connectivity index (χ0) is 24.5. The number of carbonyl (C=O) groups excluding carboxylic acids is 1. The molecule has 0 radical (unpaired) electrons. The second-order valence-electron chi connectivity index (χ2n) is 10.1. The quantitative estimate of drug-likeness (QED) is 0.635. The number of fused-ring (bicyclic) bond motifs is 1. The molecule has 10 heteroatoms. The van der Waals surface area contributed by atoms with Gasteiger partial charge in [-0.25, -0.2) is 13.4 Å². The van der Waals surface area contributed by atoms with Crippen LogP contribution < -0.4 is 0 Å². The molecule has 0 saturated carbocycles. The van der Waals surface area contributed by atoms with Crippen molar-refractivity contribution in [2.75, 3.05) is 52.5 Å². The number of carbonyl (C=O) groups is 1. The zero-order valence-corrected chi connectivity index (χ0v) is 21.6. The Balaban J connectivity index is 1.43. The molecule has 34 heavy (non-hydrogen) atoms. The number of imidazole rings is 1. The fourth-order valence-electron chi connectivity index (χ4n) is 4.76. The van der Waals surface area contributed by atoms with E-state index < -0.39 is 10.0 Å². The molecule has 2 aliphatic rings. The summed E-state index contributed by atoms with van der Waals surface area (Å²) >= 11 is 0. The third-order valence-electron chi connectivity index (χ3n) is 6.91. The molecular weight excluding hydrogens is 454 g/mol. The molecule has 2 saturated heterocycles. The van der Waals surface area contributed by atoms with Crippen molar-refractivity contribution in [1.82, 2.24) is 23.7 Å². The number of ether oxygens (including phenoxy) is 1. The van der Waals surface area contributed by atoms with Gasteiger partial charge in [0.2, 0.25) is 15.9 Å². The van der Waals surface area contributed by atoms with Gasteiger partial charge in [0.05, 0.1) is 29.1 Å². The van der Waals surface area contributed by atoms with E-state index in [1.807, 2.05) is 16.5 Å². The number of aromatic nitrogens is 2. The normalized spacial score (nSPS) is 19.5. The molecule has 0 aliphatic carbocycles. The highest BCUT2D eigenvalue weighted by atomic mass is 32.2. The number of sulfonamides is 1. The number of aryl methyl sites for hydroxylation is 2. The van der Waals surface area contributed by atoms with Crippen LogP contribution in [0.3, 0.4) is 0 Å². The van der Waals surface area contributed by atoms with Gasteiger partial charge in [-0.1, -0.05) is 0 Å². The first-order valence-electron chi connectivity index (χ1n) is 12.1. The highest BCUT2D eigenvalue weighted by Crippen LogP contribution is 2.24. The Kier molecular flexibility index (Phi) is 7.33. The monoisotopic (exact) mass is 491 g/mol. The minimum absolute atomic E-state index is 0.111. The van der Waals surface area contributed by atoms with Gasteiger partial charge in [0.15, 0.2) is 0 Å². The SMILES string of the molecule is Cn1c(CCC(=O)N2CCCN(C(C)(C)C)CC2)nc2cc(S(=O)(=O)N3CCOCC3)ccc21. The van der Waals surface area contributed by atoms with E-state index in [0.29, 0.717) is 44.7 Å². The molecule has 0 atom stereocenters. The molecule has 2 fully saturated rings. The molecule has 1 aromatic carbocycles. The summed E-state index contributed by atoms with van der Waals surface area (Å²) in [5, 5.41) is 0. The maximum Gasteiger partial charge on any atom is 0.243 e. The fourth-order valence-corrected chi connectivity index (χ4v) is 6.19. The molecule has 2 aromatic rings. The molecule has 0 N–H and O–H groups in total. The maximum atomic E-state index is 13.0. The van der Waals surface area contributed by atoms with Crippen molar-refractivity contribution in [3.05, 3.63) is 24.0 Å². The number of benzene rings is 1. The first-order chi connectivity index (χ1) is 16.1. The zero-order valence-electron chi connectivity index (χ0n) is 20.8. The smallest absolute Gasteiger partial charge is 0.243 e. The summed E-state index contributed by atoms with van der Waals surface area (Å²) < 4.78 is 34.7. The van der Waals surface area contributed by atoms with Crippen molar-refractivity contribution in [2.24, 2.45) is 7.05 Å². The van der Waals surface area contributed by atoms with E-state index >= 15 is 0 Å². The van der Waals surface area contributed by atoms with Crippen LogP contribution in [-0.4, -0.2) is 96.0 Å². The minimum Gasteiger partial charge on any atom is -0.379 e. The number of rotatable bonds is 5. The van der Waals surface area contributed by atoms with E-state index in [9.17, 15) is 13.2 Å². The lowest BCUT2D eigenvalue weighted by atomic mass is 10.1. The highest BCUT2D eigenvalue weighted by Gasteiger charge is 2.28. The van der Waals surface area contributed by atoms with E-state index in [-0.39, 0.29) is 16.3 Å². The third kappa shape index (κ3) is 5.30. The van der Waals surface area contributed by atoms with Crippen LogP contribution in [0.1, 0.15) is 39.4 Å². The van der Waals surface area contributed by atoms with Crippen molar-refractivity contribution in [3.63, 3.8) is 0 Å². The molecule has 2 aliphatic heterocycles. The number of hydrogen-bond donors (Lipinski definition) is 0. The first kappa shape index (κ1) is 25.1. The van der Waals surface area contributed by atoms with Gasteiger partial charge in [0, 0.05) is 64.7 Å². The van der Waals surface area contributed by atoms with Gasteiger partial charge in [-0.2, -0.15) is 4.31 Å². The van der Waals surface area contributed by atoms with Crippen molar-refractivity contribution >= 4 is 27.0 Å². The Bertz CT molecular complexity index is 1130. The van der Waals surface area contributed by atoms with Crippen LogP contribution in [0.25, 0.3) is 11.0 Å². The molecule has 3 heterocycles. The molecule has 0 spiro atoms. The van der Waals surface area contributed by atoms with Crippen LogP contribution in [0.5, 0.6) is 0 Å². The average molecular weight is 492 g/mol. The Morgan fingerprint density at radius 1 is 1.06 bits per heavy atom. The second-order valence-corrected chi connectivity index (χ2v) is 12.1. The molecule has 0 unspecified atom stereocenters. The minimum atomic E-state index is -3.58. The van der Waals surface area contributed by atoms with Gasteiger partial charge in [0.1, 0.15) is 5.82 Å². The second kappa shape index (κ2) is 9.93. The predicted octanol–water partition coefficient (Wildman–Crippen LogP) is 1.86. The third-order valence-corrected chi connectivity index (χ3v) is 8.81. The molecule has 1 amide bonds. The van der Waals surface area contributed by atoms with E-state index in [1.54, 1.807) is 18.2 Å². The number of nitrogens with zero attached hydrogens (tertiary/aromatic N) is 5. The van der Waals surface area contributed by atoms with E-state index in [1.165, 1.54) is 4.31 Å². The van der Waals surface area contributed by atoms with Gasteiger partial charge in [0.25, 0.3) is 0 Å². The van der Waals surface area contributed by atoms with Crippen LogP contribution >= 0.6 is 0 Å². The number of hydrogen-bond acceptors (Lipinski definition) is 6. The molecule has 9 nitrogen and oxygen atoms in total. The lowest BCUT2D eigenvalue weighted by molar-refractivity contribution is -0.131. The van der Waals surface area contributed by atoms with E-state index in [4.69, 9.17) is 4.74 Å². The van der Waals surface area contributed by atoms with Crippen LogP contribution in [0.15, 0.2) is 23.1 Å². The number of amides is 1. The predicted molar refractivity (Wildman–Crippen MR) is 131 cm³/mol. The summed E-state index contributed by atoms with van der Waals surface area (Å²) in [6.45, 7) is 11.6. The van der Waals surface area contributed by atoms with Gasteiger partial charge in [-0.15, -0.1) is 0 Å². The molecule has 4 rings (SSSR count). The molecule has 188 valence electrons. The van der Waals surface area contributed by atoms with E-state index in [0.717, 1.165) is 43.9 Å². The summed E-state index contributed by atoms with van der Waals surface area (Å²) in [5.41, 5.74) is 1.61. The average Bonchev–Trinajstić information content (AvgIpc) is 2.97. The summed E-state index contributed by atoms with van der Waals surface area (Å²) in [4.78, 5) is 22.3. The summed E-state index contributed by atoms with van der Waals surface area (Å²) in [7, 11) is -1.66. The summed E-state index contributed by atoms with van der Waals surface area (Å²) in [6.07, 6.45) is 1.90. The summed E-state index contributed by atoms with van der Waals surface area (Å²) in [5.74, 6) is 0.939. The maximum absolute atomic E-state index is 13.0. The molecule has 0 bridgehead atoms. The van der Waals surface area contributed by atoms with Crippen molar-refractivity contribution in [3.8, 4) is 0 Å². The van der Waals surface area contributed by atoms with Crippen LogP contribution in [0.4, 0.5) is 0 Å². The van der Waals surface area contributed by atoms with Crippen molar-refractivity contribution in [2.45, 2.75) is 50.5 Å². The summed E-state index contributed by atoms with van der Waals surface area (Å²) in [6, 6.07) is 5.08. The van der Waals surface area contributed by atoms with Crippen molar-refractivity contribution < 1.29 is 17.9 Å². The Hall–Kier alpha value is -2.01. The van der Waals surface area contributed by atoms with E-state index in [2.05, 4.69) is 30.7 Å². The topological polar surface area (TPSA) is 88.0 Å². The standard InChI is InChI=1S/C24H37N5O4S/c1-24(2,3)28-11-5-10-27(12-13-28)23(30)9-8-22-25-20-18-19(6-7-21(20)26(22)4)34(31,32)29-14-16-33-17-15-29/h6-7,18H,5,8-17H2,1-4H3. The highest BCUT2D eigenvalue weighted by molar-refractivity contribution is 7.89. The molecule has 1 aromatic heterocycles. The van der Waals surface area contributed by atoms with Gasteiger partial charge >= 0.3 is 0 Å². The fraction of sp³-hybridized carbons (Fsp3) is 0.667. The van der Waals surface area contributed by atoms with Crippen LogP contribution in [-0.2, 0) is 33.0 Å². The largest absolute Gasteiger partial charge is 0.379 e. The lowest BCUT2D eigenvalue weighted by Crippen LogP contribution is -2.44. The van der Waals surface area contributed by atoms with Gasteiger partial charge in [-0.05, 0) is 45.4 Å². The first-order valence-corrected chi connectivity index (χ1v) is 13.6.